The second kappa shape index (κ2) is 10.4. The zero-order valence-corrected chi connectivity index (χ0v) is 19.1. The molecule has 0 saturated heterocycles. The number of nitrogens with zero attached hydrogens (tertiary/aromatic N) is 2. The fourth-order valence-electron chi connectivity index (χ4n) is 4.25. The van der Waals surface area contributed by atoms with Crippen molar-refractivity contribution < 1.29 is 4.79 Å². The molecule has 0 saturated carbocycles. The lowest BCUT2D eigenvalue weighted by atomic mass is 10.1. The molecule has 1 aliphatic heterocycles. The van der Waals surface area contributed by atoms with Crippen LogP contribution in [0.1, 0.15) is 42.0 Å². The van der Waals surface area contributed by atoms with Gasteiger partial charge in [-0.1, -0.05) is 36.4 Å². The largest absolute Gasteiger partial charge is 0.361 e. The minimum atomic E-state index is 0.212. The van der Waals surface area contributed by atoms with E-state index in [1.54, 1.807) is 0 Å². The Labute approximate surface area is 190 Å². The van der Waals surface area contributed by atoms with Gasteiger partial charge in [0.05, 0.1) is 0 Å². The average molecular weight is 432 g/mol. The number of fused-ring (bicyclic) bond motifs is 2. The average Bonchev–Trinajstić information content (AvgIpc) is 3.40. The standard InChI is InChI=1S/C26H33N5O/c1-3-27-26(29-14-12-20-16-30-24-15-19(2)10-11-23(20)24)28-13-6-9-25(32)31-17-21-7-4-5-8-22(21)18-31/h4-5,7-8,10-11,15-16,30H,3,6,9,12-14,17-18H2,1-2H3,(H2,27,28,29). The Morgan fingerprint density at radius 1 is 1.12 bits per heavy atom. The summed E-state index contributed by atoms with van der Waals surface area (Å²) in [6.07, 6.45) is 4.30. The van der Waals surface area contributed by atoms with Gasteiger partial charge in [-0.2, -0.15) is 0 Å². The van der Waals surface area contributed by atoms with Crippen LogP contribution < -0.4 is 10.6 Å². The monoisotopic (exact) mass is 431 g/mol. The van der Waals surface area contributed by atoms with Crippen LogP contribution in [0.5, 0.6) is 0 Å². The number of guanidine groups is 1. The van der Waals surface area contributed by atoms with Crippen LogP contribution in [-0.2, 0) is 24.3 Å². The predicted molar refractivity (Wildman–Crippen MR) is 131 cm³/mol. The lowest BCUT2D eigenvalue weighted by Crippen LogP contribution is -2.38. The molecule has 0 spiro atoms. The maximum atomic E-state index is 12.6. The van der Waals surface area contributed by atoms with E-state index in [-0.39, 0.29) is 5.91 Å². The lowest BCUT2D eigenvalue weighted by molar-refractivity contribution is -0.131. The molecule has 3 N–H and O–H groups in total. The molecule has 0 aliphatic carbocycles. The number of aliphatic imine (C=N–C) groups is 1. The first-order chi connectivity index (χ1) is 15.6. The SMILES string of the molecule is CCNC(=NCCCC(=O)N1Cc2ccccc2C1)NCCc1c[nH]c2cc(C)ccc12. The van der Waals surface area contributed by atoms with Crippen LogP contribution in [0.25, 0.3) is 10.9 Å². The summed E-state index contributed by atoms with van der Waals surface area (Å²) in [5.74, 6) is 1.02. The Kier molecular flexibility index (Phi) is 7.10. The number of carbonyl (C=O) groups is 1. The van der Waals surface area contributed by atoms with Gasteiger partial charge in [0.1, 0.15) is 0 Å². The molecule has 2 aromatic carbocycles. The summed E-state index contributed by atoms with van der Waals surface area (Å²) in [6.45, 7) is 7.88. The number of hydrogen-bond donors (Lipinski definition) is 3. The second-order valence-corrected chi connectivity index (χ2v) is 8.42. The van der Waals surface area contributed by atoms with E-state index in [1.165, 1.54) is 33.2 Å². The van der Waals surface area contributed by atoms with Gasteiger partial charge in [0.2, 0.25) is 5.91 Å². The first kappa shape index (κ1) is 21.9. The number of carbonyl (C=O) groups excluding carboxylic acids is 1. The van der Waals surface area contributed by atoms with Crippen molar-refractivity contribution in [2.45, 2.75) is 46.2 Å². The number of nitrogens with one attached hydrogen (secondary N) is 3. The maximum Gasteiger partial charge on any atom is 0.223 e. The lowest BCUT2D eigenvalue weighted by Gasteiger charge is -2.15. The molecule has 6 heteroatoms. The van der Waals surface area contributed by atoms with Crippen LogP contribution in [-0.4, -0.2) is 41.4 Å². The molecule has 0 bridgehead atoms. The number of aromatic nitrogens is 1. The van der Waals surface area contributed by atoms with Gasteiger partial charge in [-0.3, -0.25) is 9.79 Å². The van der Waals surface area contributed by atoms with Crippen LogP contribution in [0.2, 0.25) is 0 Å². The fourth-order valence-corrected chi connectivity index (χ4v) is 4.25. The zero-order chi connectivity index (χ0) is 22.3. The summed E-state index contributed by atoms with van der Waals surface area (Å²) in [7, 11) is 0. The van der Waals surface area contributed by atoms with E-state index < -0.39 is 0 Å². The molecule has 4 rings (SSSR count). The summed E-state index contributed by atoms with van der Waals surface area (Å²) in [6, 6.07) is 14.8. The highest BCUT2D eigenvalue weighted by Gasteiger charge is 2.22. The number of aryl methyl sites for hydroxylation is 1. The fraction of sp³-hybridized carbons (Fsp3) is 0.385. The Bertz CT molecular complexity index is 1080. The van der Waals surface area contributed by atoms with Crippen LogP contribution in [0, 0.1) is 6.92 Å². The van der Waals surface area contributed by atoms with E-state index in [4.69, 9.17) is 0 Å². The number of hydrogen-bond acceptors (Lipinski definition) is 2. The highest BCUT2D eigenvalue weighted by Crippen LogP contribution is 2.23. The van der Waals surface area contributed by atoms with Gasteiger partial charge in [-0.25, -0.2) is 0 Å². The molecule has 6 nitrogen and oxygen atoms in total. The van der Waals surface area contributed by atoms with Gasteiger partial charge in [0.15, 0.2) is 5.96 Å². The minimum absolute atomic E-state index is 0.212. The Balaban J connectivity index is 1.22. The number of H-pyrrole nitrogens is 1. The molecule has 2 heterocycles. The summed E-state index contributed by atoms with van der Waals surface area (Å²) >= 11 is 0. The predicted octanol–water partition coefficient (Wildman–Crippen LogP) is 3.90. The van der Waals surface area contributed by atoms with E-state index in [0.29, 0.717) is 13.0 Å². The highest BCUT2D eigenvalue weighted by molar-refractivity contribution is 5.84. The molecule has 1 aromatic heterocycles. The second-order valence-electron chi connectivity index (χ2n) is 8.42. The van der Waals surface area contributed by atoms with Gasteiger partial charge in [-0.05, 0) is 55.0 Å². The Morgan fingerprint density at radius 2 is 1.91 bits per heavy atom. The van der Waals surface area contributed by atoms with E-state index in [9.17, 15) is 4.79 Å². The third-order valence-corrected chi connectivity index (χ3v) is 5.97. The van der Waals surface area contributed by atoms with Crippen LogP contribution in [0.4, 0.5) is 0 Å². The van der Waals surface area contributed by atoms with Crippen LogP contribution in [0.3, 0.4) is 0 Å². The molecule has 0 unspecified atom stereocenters. The van der Waals surface area contributed by atoms with E-state index >= 15 is 0 Å². The minimum Gasteiger partial charge on any atom is -0.361 e. The first-order valence-electron chi connectivity index (χ1n) is 11.6. The molecular weight excluding hydrogens is 398 g/mol. The van der Waals surface area contributed by atoms with Gasteiger partial charge >= 0.3 is 0 Å². The van der Waals surface area contributed by atoms with Gasteiger partial charge in [-0.15, -0.1) is 0 Å². The Morgan fingerprint density at radius 3 is 2.66 bits per heavy atom. The number of aromatic amines is 1. The van der Waals surface area contributed by atoms with Crippen molar-refractivity contribution in [3.63, 3.8) is 0 Å². The van der Waals surface area contributed by atoms with Crippen molar-refractivity contribution in [1.29, 1.82) is 0 Å². The maximum absolute atomic E-state index is 12.6. The van der Waals surface area contributed by atoms with Crippen molar-refractivity contribution in [3.8, 4) is 0 Å². The molecule has 168 valence electrons. The summed E-state index contributed by atoms with van der Waals surface area (Å²) < 4.78 is 0. The molecule has 0 fully saturated rings. The molecule has 1 aliphatic rings. The third-order valence-electron chi connectivity index (χ3n) is 5.97. The van der Waals surface area contributed by atoms with E-state index in [2.05, 4.69) is 71.0 Å². The third kappa shape index (κ3) is 5.31. The van der Waals surface area contributed by atoms with Crippen molar-refractivity contribution >= 4 is 22.8 Å². The van der Waals surface area contributed by atoms with Crippen molar-refractivity contribution in [2.24, 2.45) is 4.99 Å². The molecule has 0 radical (unpaired) electrons. The first-order valence-corrected chi connectivity index (χ1v) is 11.6. The van der Waals surface area contributed by atoms with Gasteiger partial charge in [0, 0.05) is 56.2 Å². The molecule has 3 aromatic rings. The van der Waals surface area contributed by atoms with E-state index in [0.717, 1.165) is 45.0 Å². The topological polar surface area (TPSA) is 72.5 Å². The highest BCUT2D eigenvalue weighted by atomic mass is 16.2. The Hall–Kier alpha value is -3.28. The molecule has 32 heavy (non-hydrogen) atoms. The number of amides is 1. The molecule has 1 amide bonds. The normalized spacial score (nSPS) is 13.4. The van der Waals surface area contributed by atoms with Crippen molar-refractivity contribution in [2.75, 3.05) is 19.6 Å². The van der Waals surface area contributed by atoms with Crippen molar-refractivity contribution in [3.05, 3.63) is 70.9 Å². The number of rotatable bonds is 8. The quantitative estimate of drug-likeness (QED) is 0.288. The van der Waals surface area contributed by atoms with E-state index in [1.807, 2.05) is 17.0 Å². The summed E-state index contributed by atoms with van der Waals surface area (Å²) in [5.41, 5.74) is 6.29. The van der Waals surface area contributed by atoms with Crippen molar-refractivity contribution in [1.82, 2.24) is 20.5 Å². The molecular formula is C26H33N5O. The van der Waals surface area contributed by atoms with Crippen LogP contribution >= 0.6 is 0 Å². The van der Waals surface area contributed by atoms with Crippen LogP contribution in [0.15, 0.2) is 53.7 Å². The molecule has 0 atom stereocenters. The van der Waals surface area contributed by atoms with Gasteiger partial charge in [0.25, 0.3) is 0 Å². The zero-order valence-electron chi connectivity index (χ0n) is 19.1. The summed E-state index contributed by atoms with van der Waals surface area (Å²) in [4.78, 5) is 22.5. The smallest absolute Gasteiger partial charge is 0.223 e. The van der Waals surface area contributed by atoms with Gasteiger partial charge < -0.3 is 20.5 Å². The summed E-state index contributed by atoms with van der Waals surface area (Å²) in [5, 5.41) is 8.00. The number of benzene rings is 2.